The molecule has 0 heterocycles. The Balaban J connectivity index is 2.63. The van der Waals surface area contributed by atoms with Crippen LogP contribution in [0.5, 0.6) is 0 Å². The monoisotopic (exact) mass is 224 g/mol. The topological polar surface area (TPSA) is 69.2 Å². The molecule has 1 aromatic carbocycles. The molecule has 0 radical (unpaired) electrons. The molecule has 86 valence electrons. The Hall–Kier alpha value is -1.91. The molecule has 4 nitrogen and oxygen atoms in total. The maximum absolute atomic E-state index is 13.1. The number of anilines is 1. The average molecular weight is 224 g/mol. The van der Waals surface area contributed by atoms with Crippen LogP contribution in [-0.2, 0) is 9.59 Å². The van der Waals surface area contributed by atoms with Gasteiger partial charge in [0.05, 0.1) is 0 Å². The van der Waals surface area contributed by atoms with Gasteiger partial charge in [-0.2, -0.15) is 0 Å². The minimum atomic E-state index is -1.29. The van der Waals surface area contributed by atoms with Gasteiger partial charge in [0, 0.05) is 23.6 Å². The van der Waals surface area contributed by atoms with Crippen LogP contribution in [0.1, 0.15) is 18.4 Å². The Labute approximate surface area is 92.1 Å². The van der Waals surface area contributed by atoms with Crippen molar-refractivity contribution in [2.75, 3.05) is 5.32 Å². The van der Waals surface area contributed by atoms with Crippen LogP contribution in [0.15, 0.2) is 18.2 Å². The molecule has 0 fully saturated rings. The summed E-state index contributed by atoms with van der Waals surface area (Å²) < 4.78 is 13.1. The van der Waals surface area contributed by atoms with E-state index in [4.69, 9.17) is 0 Å². The molecule has 0 aliphatic carbocycles. The first-order chi connectivity index (χ1) is 7.50. The Bertz CT molecular complexity index is 418. The summed E-state index contributed by atoms with van der Waals surface area (Å²) in [7, 11) is 0. The van der Waals surface area contributed by atoms with Crippen LogP contribution in [-0.4, -0.2) is 11.9 Å². The first-order valence-corrected chi connectivity index (χ1v) is 4.75. The Morgan fingerprint density at radius 3 is 2.69 bits per heavy atom. The molecule has 5 heteroatoms. The van der Waals surface area contributed by atoms with E-state index in [-0.39, 0.29) is 12.8 Å². The third-order valence-electron chi connectivity index (χ3n) is 2.10. The Morgan fingerprint density at radius 2 is 2.06 bits per heavy atom. The van der Waals surface area contributed by atoms with Crippen LogP contribution in [0.25, 0.3) is 0 Å². The lowest BCUT2D eigenvalue weighted by Crippen LogP contribution is -2.24. The van der Waals surface area contributed by atoms with Crippen molar-refractivity contribution in [1.29, 1.82) is 0 Å². The number of benzene rings is 1. The summed E-state index contributed by atoms with van der Waals surface area (Å²) in [6, 6.07) is 4.30. The average Bonchev–Trinajstić information content (AvgIpc) is 2.22. The number of rotatable bonds is 4. The van der Waals surface area contributed by atoms with Crippen LogP contribution >= 0.6 is 0 Å². The molecule has 0 spiro atoms. The second kappa shape index (κ2) is 5.25. The summed E-state index contributed by atoms with van der Waals surface area (Å²) in [6.45, 7) is 1.53. The van der Waals surface area contributed by atoms with Gasteiger partial charge in [0.25, 0.3) is 0 Å². The fourth-order valence-electron chi connectivity index (χ4n) is 1.17. The number of carboxylic acids is 1. The lowest BCUT2D eigenvalue weighted by Gasteiger charge is -2.08. The van der Waals surface area contributed by atoms with Crippen LogP contribution in [0, 0.1) is 12.7 Å². The first-order valence-electron chi connectivity index (χ1n) is 4.75. The van der Waals surface area contributed by atoms with Crippen molar-refractivity contribution >= 4 is 17.6 Å². The van der Waals surface area contributed by atoms with Crippen molar-refractivity contribution in [1.82, 2.24) is 0 Å². The third-order valence-corrected chi connectivity index (χ3v) is 2.10. The van der Waals surface area contributed by atoms with E-state index < -0.39 is 17.7 Å². The summed E-state index contributed by atoms with van der Waals surface area (Å²) in [5, 5.41) is 12.6. The van der Waals surface area contributed by atoms with Gasteiger partial charge in [0.1, 0.15) is 5.82 Å². The van der Waals surface area contributed by atoms with Gasteiger partial charge in [-0.3, -0.25) is 4.79 Å². The number of amides is 1. The zero-order valence-electron chi connectivity index (χ0n) is 8.75. The molecule has 0 atom stereocenters. The lowest BCUT2D eigenvalue weighted by molar-refractivity contribution is -0.305. The van der Waals surface area contributed by atoms with Gasteiger partial charge in [-0.25, -0.2) is 4.39 Å². The van der Waals surface area contributed by atoms with Crippen molar-refractivity contribution < 1.29 is 19.1 Å². The predicted molar refractivity (Wildman–Crippen MR) is 54.0 cm³/mol. The van der Waals surface area contributed by atoms with Gasteiger partial charge in [0.2, 0.25) is 5.91 Å². The van der Waals surface area contributed by atoms with E-state index >= 15 is 0 Å². The largest absolute Gasteiger partial charge is 0.550 e. The summed E-state index contributed by atoms with van der Waals surface area (Å²) >= 11 is 0. The number of hydrogen-bond acceptors (Lipinski definition) is 3. The van der Waals surface area contributed by atoms with Gasteiger partial charge >= 0.3 is 0 Å². The van der Waals surface area contributed by atoms with E-state index in [2.05, 4.69) is 5.32 Å². The summed E-state index contributed by atoms with van der Waals surface area (Å²) in [4.78, 5) is 21.4. The molecule has 0 aliphatic heterocycles. The molecule has 0 unspecified atom stereocenters. The highest BCUT2D eigenvalue weighted by molar-refractivity contribution is 5.92. The van der Waals surface area contributed by atoms with E-state index in [9.17, 15) is 19.1 Å². The minimum Gasteiger partial charge on any atom is -0.550 e. The maximum Gasteiger partial charge on any atom is 0.224 e. The number of halogens is 1. The van der Waals surface area contributed by atoms with E-state index in [0.717, 1.165) is 0 Å². The van der Waals surface area contributed by atoms with Gasteiger partial charge in [-0.05, 0) is 25.5 Å². The molecular weight excluding hydrogens is 213 g/mol. The highest BCUT2D eigenvalue weighted by Gasteiger charge is 2.07. The highest BCUT2D eigenvalue weighted by atomic mass is 19.1. The zero-order valence-corrected chi connectivity index (χ0v) is 8.75. The molecule has 1 aromatic rings. The maximum atomic E-state index is 13.1. The molecule has 0 saturated carbocycles. The van der Waals surface area contributed by atoms with E-state index in [1.54, 1.807) is 6.07 Å². The van der Waals surface area contributed by atoms with Gasteiger partial charge in [-0.15, -0.1) is 0 Å². The SMILES string of the molecule is Cc1c(F)cccc1NC(=O)CCC(=O)[O-]. The minimum absolute atomic E-state index is 0.182. The molecular formula is C11H11FNO3-. The van der Waals surface area contributed by atoms with Gasteiger partial charge < -0.3 is 15.2 Å². The predicted octanol–water partition coefficient (Wildman–Crippen LogP) is 0.603. The normalized spacial score (nSPS) is 9.88. The Kier molecular flexibility index (Phi) is 3.99. The van der Waals surface area contributed by atoms with E-state index in [0.29, 0.717) is 11.3 Å². The second-order valence-corrected chi connectivity index (χ2v) is 3.33. The fraction of sp³-hybridized carbons (Fsp3) is 0.273. The molecule has 0 aliphatic rings. The summed E-state index contributed by atoms with van der Waals surface area (Å²) in [6.07, 6.45) is -0.529. The lowest BCUT2D eigenvalue weighted by atomic mass is 10.2. The van der Waals surface area contributed by atoms with Crippen molar-refractivity contribution in [3.05, 3.63) is 29.6 Å². The van der Waals surface area contributed by atoms with E-state index in [1.807, 2.05) is 0 Å². The molecule has 0 aromatic heterocycles. The zero-order chi connectivity index (χ0) is 12.1. The number of nitrogens with one attached hydrogen (secondary N) is 1. The molecule has 1 rings (SSSR count). The third kappa shape index (κ3) is 3.34. The number of carbonyl (C=O) groups is 2. The van der Waals surface area contributed by atoms with Gasteiger partial charge in [-0.1, -0.05) is 6.07 Å². The van der Waals surface area contributed by atoms with Crippen molar-refractivity contribution in [3.63, 3.8) is 0 Å². The smallest absolute Gasteiger partial charge is 0.224 e. The van der Waals surface area contributed by atoms with E-state index in [1.165, 1.54) is 19.1 Å². The van der Waals surface area contributed by atoms with Crippen molar-refractivity contribution in [3.8, 4) is 0 Å². The van der Waals surface area contributed by atoms with Crippen LogP contribution in [0.3, 0.4) is 0 Å². The summed E-state index contributed by atoms with van der Waals surface area (Å²) in [5.74, 6) is -2.18. The number of carbonyl (C=O) groups excluding carboxylic acids is 2. The van der Waals surface area contributed by atoms with Crippen molar-refractivity contribution in [2.45, 2.75) is 19.8 Å². The van der Waals surface area contributed by atoms with Crippen molar-refractivity contribution in [2.24, 2.45) is 0 Å². The molecule has 0 saturated heterocycles. The second-order valence-electron chi connectivity index (χ2n) is 3.33. The molecule has 1 N–H and O–H groups in total. The fourth-order valence-corrected chi connectivity index (χ4v) is 1.17. The Morgan fingerprint density at radius 1 is 1.38 bits per heavy atom. The van der Waals surface area contributed by atoms with Gasteiger partial charge in [0.15, 0.2) is 0 Å². The van der Waals surface area contributed by atoms with Crippen LogP contribution in [0.4, 0.5) is 10.1 Å². The summed E-state index contributed by atoms with van der Waals surface area (Å²) in [5.41, 5.74) is 0.674. The number of hydrogen-bond donors (Lipinski definition) is 1. The standard InChI is InChI=1S/C11H12FNO3/c1-7-8(12)3-2-4-9(7)13-10(14)5-6-11(15)16/h2-4H,5-6H2,1H3,(H,13,14)(H,15,16)/p-1. The molecule has 0 bridgehead atoms. The first kappa shape index (κ1) is 12.2. The highest BCUT2D eigenvalue weighted by Crippen LogP contribution is 2.17. The number of aliphatic carboxylic acids is 1. The number of carboxylic acid groups (broad SMARTS) is 1. The molecule has 16 heavy (non-hydrogen) atoms. The van der Waals surface area contributed by atoms with Crippen LogP contribution in [0.2, 0.25) is 0 Å². The molecule has 1 amide bonds. The quantitative estimate of drug-likeness (QED) is 0.814. The van der Waals surface area contributed by atoms with Crippen LogP contribution < -0.4 is 10.4 Å².